The van der Waals surface area contributed by atoms with Gasteiger partial charge in [0.2, 0.25) is 5.75 Å². The molecule has 8 aromatic rings. The zero-order chi connectivity index (χ0) is 36.4. The molecular formula is C49H38O4P+. The highest BCUT2D eigenvalue weighted by atomic mass is 31.2. The largest absolute Gasteiger partial charge is 0.452 e. The molecule has 0 radical (unpaired) electrons. The molecule has 0 fully saturated rings. The molecule has 0 atom stereocenters. The van der Waals surface area contributed by atoms with E-state index in [9.17, 15) is 4.79 Å². The molecule has 262 valence electrons. The zero-order valence-corrected chi connectivity index (χ0v) is 30.6. The van der Waals surface area contributed by atoms with E-state index in [2.05, 4.69) is 103 Å². The molecule has 1 aliphatic rings. The van der Waals surface area contributed by atoms with Crippen LogP contribution >= 0.6 is 7.26 Å². The minimum absolute atomic E-state index is 0.137. The second kappa shape index (κ2) is 14.3. The van der Waals surface area contributed by atoms with Crippen molar-refractivity contribution in [2.24, 2.45) is 0 Å². The SMILES string of the molecule is O=c1cc(-c2ccc(CCC[P+](c3ccccc3)(c3ccccc3)c3ccccc3)cc2)oc2c3c(ccc12)OC(c1ccccc1)(c1ccccc1)O3. The molecule has 2 heterocycles. The number of ether oxygens (including phenoxy) is 2. The van der Waals surface area contributed by atoms with E-state index in [0.29, 0.717) is 28.2 Å². The fraction of sp³-hybridized carbons (Fsp3) is 0.0816. The smallest absolute Gasteiger partial charge is 0.305 e. The Labute approximate surface area is 315 Å². The molecule has 0 unspecified atom stereocenters. The maximum atomic E-state index is 13.6. The van der Waals surface area contributed by atoms with E-state index in [0.717, 1.165) is 35.7 Å². The summed E-state index contributed by atoms with van der Waals surface area (Å²) >= 11 is 0. The van der Waals surface area contributed by atoms with Crippen LogP contribution in [0.1, 0.15) is 23.1 Å². The third-order valence-corrected chi connectivity index (χ3v) is 14.9. The summed E-state index contributed by atoms with van der Waals surface area (Å²) in [6.45, 7) is 0. The van der Waals surface area contributed by atoms with Gasteiger partial charge in [0, 0.05) is 22.8 Å². The van der Waals surface area contributed by atoms with Gasteiger partial charge in [0.1, 0.15) is 28.9 Å². The number of benzene rings is 7. The predicted octanol–water partition coefficient (Wildman–Crippen LogP) is 10.1. The Kier molecular flexibility index (Phi) is 8.90. The molecule has 0 aliphatic carbocycles. The standard InChI is InChI=1S/C49H38O4P/c50-44-35-46(51-47-43(44)32-33-45-48(47)53-49(52-45,38-18-6-1-7-19-38)39-20-8-2-9-21-39)37-30-28-36(29-31-37)17-16-34-54(40-22-10-3-11-23-40,41-24-12-4-13-25-41)42-26-14-5-15-27-42/h1-15,18-33,35H,16-17,34H2/q+1. The highest BCUT2D eigenvalue weighted by Crippen LogP contribution is 2.56. The minimum Gasteiger partial charge on any atom is -0.452 e. The van der Waals surface area contributed by atoms with Crippen molar-refractivity contribution in [3.63, 3.8) is 0 Å². The van der Waals surface area contributed by atoms with Crippen LogP contribution in [0.2, 0.25) is 0 Å². The molecule has 0 bridgehead atoms. The number of hydrogen-bond acceptors (Lipinski definition) is 4. The van der Waals surface area contributed by atoms with Gasteiger partial charge in [-0.05, 0) is 66.9 Å². The van der Waals surface area contributed by atoms with Crippen LogP contribution in [0, 0.1) is 0 Å². The van der Waals surface area contributed by atoms with Crippen molar-refractivity contribution in [2.75, 3.05) is 6.16 Å². The lowest BCUT2D eigenvalue weighted by Crippen LogP contribution is -2.36. The summed E-state index contributed by atoms with van der Waals surface area (Å²) in [5, 5.41) is 4.64. The molecule has 0 spiro atoms. The summed E-state index contributed by atoms with van der Waals surface area (Å²) in [4.78, 5) is 13.6. The molecule has 1 aliphatic heterocycles. The molecule has 0 amide bonds. The van der Waals surface area contributed by atoms with Gasteiger partial charge >= 0.3 is 5.79 Å². The van der Waals surface area contributed by atoms with E-state index in [4.69, 9.17) is 13.9 Å². The van der Waals surface area contributed by atoms with E-state index < -0.39 is 13.0 Å². The van der Waals surface area contributed by atoms with Gasteiger partial charge in [-0.1, -0.05) is 140 Å². The Hall–Kier alpha value is -6.22. The van der Waals surface area contributed by atoms with Crippen molar-refractivity contribution in [2.45, 2.75) is 18.6 Å². The minimum atomic E-state index is -1.90. The third kappa shape index (κ3) is 5.99. The van der Waals surface area contributed by atoms with Crippen molar-refractivity contribution < 1.29 is 13.9 Å². The summed E-state index contributed by atoms with van der Waals surface area (Å²) in [7, 11) is -1.90. The first kappa shape index (κ1) is 33.6. The summed E-state index contributed by atoms with van der Waals surface area (Å²) < 4.78 is 19.9. The van der Waals surface area contributed by atoms with Crippen molar-refractivity contribution in [1.29, 1.82) is 0 Å². The van der Waals surface area contributed by atoms with Crippen molar-refractivity contribution >= 4 is 34.1 Å². The quantitative estimate of drug-likeness (QED) is 0.132. The first-order chi connectivity index (χ1) is 26.6. The van der Waals surface area contributed by atoms with Gasteiger partial charge in [0.05, 0.1) is 11.5 Å². The van der Waals surface area contributed by atoms with E-state index in [1.54, 1.807) is 18.2 Å². The lowest BCUT2D eigenvalue weighted by Gasteiger charge is -2.28. The fourth-order valence-corrected chi connectivity index (χ4v) is 12.1. The Bertz CT molecular complexity index is 2440. The van der Waals surface area contributed by atoms with Crippen LogP contribution in [0.25, 0.3) is 22.3 Å². The van der Waals surface area contributed by atoms with Crippen LogP contribution in [0.5, 0.6) is 11.5 Å². The fourth-order valence-electron chi connectivity index (χ4n) is 7.77. The average molecular weight is 722 g/mol. The van der Waals surface area contributed by atoms with Crippen LogP contribution < -0.4 is 30.8 Å². The van der Waals surface area contributed by atoms with Gasteiger partial charge < -0.3 is 13.9 Å². The molecule has 0 N–H and O–H groups in total. The van der Waals surface area contributed by atoms with Gasteiger partial charge in [0.15, 0.2) is 16.8 Å². The summed E-state index contributed by atoms with van der Waals surface area (Å²) in [6.07, 6.45) is 2.99. The second-order valence-corrected chi connectivity index (χ2v) is 17.3. The Morgan fingerprint density at radius 2 is 1.02 bits per heavy atom. The van der Waals surface area contributed by atoms with Crippen molar-refractivity contribution in [3.8, 4) is 22.8 Å². The van der Waals surface area contributed by atoms with Gasteiger partial charge in [-0.15, -0.1) is 0 Å². The summed E-state index contributed by atoms with van der Waals surface area (Å²) in [6, 6.07) is 66.3. The number of fused-ring (bicyclic) bond motifs is 3. The molecular weight excluding hydrogens is 684 g/mol. The monoisotopic (exact) mass is 721 g/mol. The number of aryl methyl sites for hydroxylation is 1. The zero-order valence-electron chi connectivity index (χ0n) is 29.7. The highest BCUT2D eigenvalue weighted by Gasteiger charge is 2.47. The van der Waals surface area contributed by atoms with Gasteiger partial charge in [-0.2, -0.15) is 0 Å². The van der Waals surface area contributed by atoms with Crippen molar-refractivity contribution in [1.82, 2.24) is 0 Å². The molecule has 4 nitrogen and oxygen atoms in total. The van der Waals surface area contributed by atoms with Crippen molar-refractivity contribution in [3.05, 3.63) is 221 Å². The molecule has 7 aromatic carbocycles. The van der Waals surface area contributed by atoms with E-state index >= 15 is 0 Å². The molecule has 0 saturated heterocycles. The lowest BCUT2D eigenvalue weighted by atomic mass is 9.97. The van der Waals surface area contributed by atoms with E-state index in [1.165, 1.54) is 21.5 Å². The first-order valence-electron chi connectivity index (χ1n) is 18.4. The molecule has 1 aromatic heterocycles. The van der Waals surface area contributed by atoms with Crippen LogP contribution in [0.4, 0.5) is 0 Å². The lowest BCUT2D eigenvalue weighted by molar-refractivity contribution is -0.0456. The molecule has 5 heteroatoms. The van der Waals surface area contributed by atoms with Crippen LogP contribution in [0.3, 0.4) is 0 Å². The van der Waals surface area contributed by atoms with Crippen LogP contribution in [-0.2, 0) is 12.2 Å². The maximum absolute atomic E-state index is 13.6. The van der Waals surface area contributed by atoms with E-state index in [-0.39, 0.29) is 5.43 Å². The third-order valence-electron chi connectivity index (χ3n) is 10.4. The first-order valence-corrected chi connectivity index (χ1v) is 20.4. The Balaban J connectivity index is 1.01. The summed E-state index contributed by atoms with van der Waals surface area (Å²) in [5.41, 5.74) is 3.97. The van der Waals surface area contributed by atoms with Crippen LogP contribution in [0.15, 0.2) is 203 Å². The Morgan fingerprint density at radius 1 is 0.519 bits per heavy atom. The van der Waals surface area contributed by atoms with Crippen LogP contribution in [-0.4, -0.2) is 6.16 Å². The predicted molar refractivity (Wildman–Crippen MR) is 221 cm³/mol. The number of rotatable bonds is 10. The van der Waals surface area contributed by atoms with Gasteiger partial charge in [-0.3, -0.25) is 4.79 Å². The molecule has 9 rings (SSSR count). The topological polar surface area (TPSA) is 48.7 Å². The van der Waals surface area contributed by atoms with Gasteiger partial charge in [-0.25, -0.2) is 0 Å². The van der Waals surface area contributed by atoms with E-state index in [1.807, 2.05) is 72.8 Å². The number of hydrogen-bond donors (Lipinski definition) is 0. The molecule has 54 heavy (non-hydrogen) atoms. The summed E-state index contributed by atoms with van der Waals surface area (Å²) in [5.74, 6) is 0.191. The Morgan fingerprint density at radius 3 is 1.54 bits per heavy atom. The van der Waals surface area contributed by atoms with Gasteiger partial charge in [0.25, 0.3) is 0 Å². The highest BCUT2D eigenvalue weighted by molar-refractivity contribution is 7.95. The molecule has 0 saturated carbocycles. The normalized spacial score (nSPS) is 13.2. The average Bonchev–Trinajstić information content (AvgIpc) is 3.66. The maximum Gasteiger partial charge on any atom is 0.305 e. The second-order valence-electron chi connectivity index (χ2n) is 13.6.